The van der Waals surface area contributed by atoms with Crippen LogP contribution in [0, 0.1) is 5.92 Å². The molecule has 0 amide bonds. The highest BCUT2D eigenvalue weighted by atomic mass is 32.2. The minimum absolute atomic E-state index is 0.141. The standard InChI is InChI=1S/C8H15NO2S/c1-3-8(9-2)7-4-5-12(10,11)6-7/h3,7-9H,1,4-6H2,2H3. The van der Waals surface area contributed by atoms with Crippen molar-refractivity contribution in [1.82, 2.24) is 5.32 Å². The van der Waals surface area contributed by atoms with Crippen LogP contribution < -0.4 is 5.32 Å². The first-order valence-corrected chi connectivity index (χ1v) is 5.91. The Bertz CT molecular complexity index is 258. The lowest BCUT2D eigenvalue weighted by molar-refractivity contribution is 0.470. The zero-order valence-electron chi connectivity index (χ0n) is 7.29. The SMILES string of the molecule is C=CC(NC)C1CCS(=O)(=O)C1. The van der Waals surface area contributed by atoms with Gasteiger partial charge >= 0.3 is 0 Å². The van der Waals surface area contributed by atoms with Gasteiger partial charge in [-0.1, -0.05) is 6.08 Å². The summed E-state index contributed by atoms with van der Waals surface area (Å²) in [6, 6.07) is 0.141. The van der Waals surface area contributed by atoms with Crippen molar-refractivity contribution in [3.8, 4) is 0 Å². The molecule has 1 aliphatic rings. The summed E-state index contributed by atoms with van der Waals surface area (Å²) in [6.45, 7) is 3.67. The van der Waals surface area contributed by atoms with E-state index in [-0.39, 0.29) is 12.0 Å². The van der Waals surface area contributed by atoms with E-state index in [1.807, 2.05) is 7.05 Å². The van der Waals surface area contributed by atoms with Gasteiger partial charge in [-0.3, -0.25) is 0 Å². The third kappa shape index (κ3) is 2.08. The van der Waals surface area contributed by atoms with Crippen molar-refractivity contribution in [3.05, 3.63) is 12.7 Å². The van der Waals surface area contributed by atoms with Gasteiger partial charge in [0.05, 0.1) is 11.5 Å². The number of rotatable bonds is 3. The van der Waals surface area contributed by atoms with Crippen molar-refractivity contribution in [2.24, 2.45) is 5.92 Å². The Morgan fingerprint density at radius 2 is 2.33 bits per heavy atom. The van der Waals surface area contributed by atoms with Gasteiger partial charge < -0.3 is 5.32 Å². The van der Waals surface area contributed by atoms with E-state index in [2.05, 4.69) is 11.9 Å². The van der Waals surface area contributed by atoms with Gasteiger partial charge in [0.1, 0.15) is 0 Å². The lowest BCUT2D eigenvalue weighted by atomic mass is 10.00. The summed E-state index contributed by atoms with van der Waals surface area (Å²) < 4.78 is 22.2. The van der Waals surface area contributed by atoms with E-state index in [0.29, 0.717) is 11.5 Å². The van der Waals surface area contributed by atoms with Gasteiger partial charge in [0.2, 0.25) is 0 Å². The summed E-state index contributed by atoms with van der Waals surface area (Å²) in [5.74, 6) is 0.867. The molecule has 1 fully saturated rings. The van der Waals surface area contributed by atoms with Crippen LogP contribution in [0.5, 0.6) is 0 Å². The van der Waals surface area contributed by atoms with Crippen molar-refractivity contribution in [3.63, 3.8) is 0 Å². The second kappa shape index (κ2) is 3.58. The molecule has 1 rings (SSSR count). The van der Waals surface area contributed by atoms with E-state index >= 15 is 0 Å². The summed E-state index contributed by atoms with van der Waals surface area (Å²) in [5, 5.41) is 3.05. The molecule has 70 valence electrons. The van der Waals surface area contributed by atoms with Crippen molar-refractivity contribution >= 4 is 9.84 Å². The molecule has 0 saturated carbocycles. The molecular formula is C8H15NO2S. The second-order valence-electron chi connectivity index (χ2n) is 3.21. The molecule has 3 nitrogen and oxygen atoms in total. The maximum Gasteiger partial charge on any atom is 0.150 e. The Morgan fingerprint density at radius 1 is 1.67 bits per heavy atom. The van der Waals surface area contributed by atoms with Gasteiger partial charge in [0.15, 0.2) is 9.84 Å². The van der Waals surface area contributed by atoms with Crippen molar-refractivity contribution in [1.29, 1.82) is 0 Å². The molecule has 12 heavy (non-hydrogen) atoms. The molecule has 0 radical (unpaired) electrons. The van der Waals surface area contributed by atoms with E-state index < -0.39 is 9.84 Å². The summed E-state index contributed by atoms with van der Waals surface area (Å²) in [7, 11) is -0.918. The van der Waals surface area contributed by atoms with Crippen LogP contribution in [0.4, 0.5) is 0 Å². The third-order valence-electron chi connectivity index (χ3n) is 2.36. The number of hydrogen-bond acceptors (Lipinski definition) is 3. The molecule has 1 saturated heterocycles. The van der Waals surface area contributed by atoms with Crippen LogP contribution in [-0.4, -0.2) is 33.0 Å². The topological polar surface area (TPSA) is 46.2 Å². The summed E-state index contributed by atoms with van der Waals surface area (Å²) in [5.41, 5.74) is 0. The number of nitrogens with one attached hydrogen (secondary N) is 1. The Balaban J connectivity index is 2.62. The molecule has 0 bridgehead atoms. The molecule has 0 aromatic heterocycles. The van der Waals surface area contributed by atoms with Gasteiger partial charge in [0, 0.05) is 6.04 Å². The first-order chi connectivity index (χ1) is 5.59. The van der Waals surface area contributed by atoms with Crippen molar-refractivity contribution in [2.45, 2.75) is 12.5 Å². The molecular weight excluding hydrogens is 174 g/mol. The Hall–Kier alpha value is -0.350. The highest BCUT2D eigenvalue weighted by Crippen LogP contribution is 2.21. The predicted molar refractivity (Wildman–Crippen MR) is 49.8 cm³/mol. The Kier molecular flexibility index (Phi) is 2.90. The van der Waals surface area contributed by atoms with Crippen LogP contribution in [-0.2, 0) is 9.84 Å². The molecule has 2 atom stereocenters. The largest absolute Gasteiger partial charge is 0.313 e. The molecule has 4 heteroatoms. The first kappa shape index (κ1) is 9.74. The fraction of sp³-hybridized carbons (Fsp3) is 0.750. The monoisotopic (exact) mass is 189 g/mol. The number of hydrogen-bond donors (Lipinski definition) is 1. The molecule has 0 aromatic carbocycles. The zero-order chi connectivity index (χ0) is 9.19. The summed E-state index contributed by atoms with van der Waals surface area (Å²) >= 11 is 0. The van der Waals surface area contributed by atoms with E-state index in [9.17, 15) is 8.42 Å². The molecule has 0 spiro atoms. The van der Waals surface area contributed by atoms with Crippen LogP contribution in [0.15, 0.2) is 12.7 Å². The van der Waals surface area contributed by atoms with E-state index in [0.717, 1.165) is 6.42 Å². The fourth-order valence-electron chi connectivity index (χ4n) is 1.65. The highest BCUT2D eigenvalue weighted by Gasteiger charge is 2.31. The second-order valence-corrected chi connectivity index (χ2v) is 5.44. The normalized spacial score (nSPS) is 29.9. The van der Waals surface area contributed by atoms with E-state index in [4.69, 9.17) is 0 Å². The van der Waals surface area contributed by atoms with Crippen LogP contribution in [0.2, 0.25) is 0 Å². The van der Waals surface area contributed by atoms with Crippen LogP contribution in [0.1, 0.15) is 6.42 Å². The van der Waals surface area contributed by atoms with Gasteiger partial charge in [-0.25, -0.2) is 8.42 Å². The molecule has 0 aromatic rings. The Morgan fingerprint density at radius 3 is 2.67 bits per heavy atom. The fourth-order valence-corrected chi connectivity index (χ4v) is 3.51. The quantitative estimate of drug-likeness (QED) is 0.645. The van der Waals surface area contributed by atoms with Gasteiger partial charge in [-0.05, 0) is 19.4 Å². The van der Waals surface area contributed by atoms with Crippen LogP contribution >= 0.6 is 0 Å². The molecule has 1 N–H and O–H groups in total. The van der Waals surface area contributed by atoms with Crippen molar-refractivity contribution in [2.75, 3.05) is 18.6 Å². The lowest BCUT2D eigenvalue weighted by Crippen LogP contribution is -2.32. The smallest absolute Gasteiger partial charge is 0.150 e. The first-order valence-electron chi connectivity index (χ1n) is 4.09. The average Bonchev–Trinajstić information content (AvgIpc) is 2.34. The zero-order valence-corrected chi connectivity index (χ0v) is 8.10. The van der Waals surface area contributed by atoms with Gasteiger partial charge in [-0.2, -0.15) is 0 Å². The van der Waals surface area contributed by atoms with E-state index in [1.54, 1.807) is 6.08 Å². The minimum atomic E-state index is -2.75. The van der Waals surface area contributed by atoms with Gasteiger partial charge in [0.25, 0.3) is 0 Å². The van der Waals surface area contributed by atoms with Gasteiger partial charge in [-0.15, -0.1) is 6.58 Å². The highest BCUT2D eigenvalue weighted by molar-refractivity contribution is 7.91. The van der Waals surface area contributed by atoms with Crippen LogP contribution in [0.25, 0.3) is 0 Å². The maximum atomic E-state index is 11.1. The van der Waals surface area contributed by atoms with Crippen LogP contribution in [0.3, 0.4) is 0 Å². The summed E-state index contributed by atoms with van der Waals surface area (Å²) in [4.78, 5) is 0. The Labute approximate surface area is 73.8 Å². The van der Waals surface area contributed by atoms with E-state index in [1.165, 1.54) is 0 Å². The number of sulfone groups is 1. The average molecular weight is 189 g/mol. The lowest BCUT2D eigenvalue weighted by Gasteiger charge is -2.17. The summed E-state index contributed by atoms with van der Waals surface area (Å²) in [6.07, 6.45) is 2.55. The van der Waals surface area contributed by atoms with Crippen molar-refractivity contribution < 1.29 is 8.42 Å². The molecule has 1 aliphatic heterocycles. The predicted octanol–water partition coefficient (Wildman–Crippen LogP) is 0.195. The molecule has 2 unspecified atom stereocenters. The third-order valence-corrected chi connectivity index (χ3v) is 4.16. The maximum absolute atomic E-state index is 11.1. The molecule has 0 aliphatic carbocycles. The number of likely N-dealkylation sites (N-methyl/N-ethyl adjacent to an activating group) is 1. The molecule has 1 heterocycles. The minimum Gasteiger partial charge on any atom is -0.313 e.